The van der Waals surface area contributed by atoms with Gasteiger partial charge in [-0.15, -0.1) is 0 Å². The number of aliphatic hydroxyl groups excluding tert-OH is 1. The lowest BCUT2D eigenvalue weighted by atomic mass is 10.1. The summed E-state index contributed by atoms with van der Waals surface area (Å²) in [6.07, 6.45) is 37.3. The summed E-state index contributed by atoms with van der Waals surface area (Å²) in [5, 5.41) is 18.3. The molecule has 1 aromatic carbocycles. The van der Waals surface area contributed by atoms with Crippen LogP contribution in [0.2, 0.25) is 0 Å². The molecule has 0 heterocycles. The van der Waals surface area contributed by atoms with Crippen molar-refractivity contribution in [2.24, 2.45) is 0 Å². The number of nitrogens with one attached hydrogen (secondary N) is 3. The van der Waals surface area contributed by atoms with Gasteiger partial charge in [0, 0.05) is 33.2 Å². The molecule has 0 amide bonds. The number of unbranched alkanes of at least 4 members (excludes halogenated alkanes) is 24. The summed E-state index contributed by atoms with van der Waals surface area (Å²) >= 11 is 0. The highest BCUT2D eigenvalue weighted by Crippen LogP contribution is 2.15. The zero-order valence-corrected chi connectivity index (χ0v) is 40.0. The summed E-state index contributed by atoms with van der Waals surface area (Å²) in [4.78, 5) is 37.8. The Morgan fingerprint density at radius 1 is 0.542 bits per heavy atom. The second-order valence-electron chi connectivity index (χ2n) is 16.5. The van der Waals surface area contributed by atoms with Crippen molar-refractivity contribution in [2.45, 2.75) is 220 Å². The van der Waals surface area contributed by atoms with Crippen LogP contribution in [0.3, 0.4) is 0 Å². The summed E-state index contributed by atoms with van der Waals surface area (Å²) in [6.45, 7) is 13.3. The molecule has 0 aliphatic carbocycles. The molecule has 0 saturated heterocycles. The predicted octanol–water partition coefficient (Wildman–Crippen LogP) is 11.8. The maximum atomic E-state index is 12.1. The van der Waals surface area contributed by atoms with Crippen LogP contribution in [0.1, 0.15) is 220 Å². The van der Waals surface area contributed by atoms with Gasteiger partial charge in [0.2, 0.25) is 0 Å². The van der Waals surface area contributed by atoms with Crippen molar-refractivity contribution in [1.82, 2.24) is 9.99 Å². The van der Waals surface area contributed by atoms with E-state index < -0.39 is 10.9 Å². The van der Waals surface area contributed by atoms with Crippen molar-refractivity contribution in [1.29, 1.82) is 0 Å². The average molecular weight is 855 g/mol. The smallest absolute Gasteiger partial charge is 0.305 e. The third kappa shape index (κ3) is 36.8. The molecule has 10 nitrogen and oxygen atoms in total. The Bertz CT molecular complexity index is 1090. The lowest BCUT2D eigenvalue weighted by molar-refractivity contribution is -0.143. The molecule has 1 aromatic rings. The summed E-state index contributed by atoms with van der Waals surface area (Å²) in [5.41, 5.74) is -0.0833. The number of carbonyl (C=O) groups is 1. The number of hydrogen-bond donors (Lipinski definition) is 4. The van der Waals surface area contributed by atoms with E-state index in [4.69, 9.17) is 14.4 Å². The van der Waals surface area contributed by atoms with Crippen LogP contribution in [0, 0.1) is 0 Å². The molecule has 0 aliphatic rings. The van der Waals surface area contributed by atoms with Gasteiger partial charge in [-0.3, -0.25) is 19.5 Å². The normalized spacial score (nSPS) is 11.5. The van der Waals surface area contributed by atoms with E-state index in [9.17, 15) is 14.4 Å². The van der Waals surface area contributed by atoms with Crippen LogP contribution in [0.5, 0.6) is 0 Å². The zero-order valence-electron chi connectivity index (χ0n) is 39.0. The molecule has 59 heavy (non-hydrogen) atoms. The minimum Gasteiger partial charge on any atom is -0.466 e. The van der Waals surface area contributed by atoms with Crippen molar-refractivity contribution in [3.8, 4) is 0 Å². The maximum Gasteiger partial charge on any atom is 0.305 e. The van der Waals surface area contributed by atoms with Crippen molar-refractivity contribution >= 4 is 26.3 Å². The van der Waals surface area contributed by atoms with Crippen molar-refractivity contribution in [3.05, 3.63) is 20.4 Å². The van der Waals surface area contributed by atoms with Gasteiger partial charge in [-0.1, -0.05) is 162 Å². The largest absolute Gasteiger partial charge is 0.466 e. The van der Waals surface area contributed by atoms with Crippen LogP contribution in [0.4, 0.5) is 11.4 Å². The average Bonchev–Trinajstić information content (AvgIpc) is 3.24. The van der Waals surface area contributed by atoms with Crippen LogP contribution in [0.15, 0.2) is 9.59 Å². The minimum atomic E-state index is -0.444. The number of carbonyl (C=O) groups excluding carboxylic acids is 1. The Kier molecular flexibility index (Phi) is 44.7. The molecule has 0 spiro atoms. The molecule has 0 aromatic heterocycles. The maximum absolute atomic E-state index is 12.1. The molecule has 4 N–H and O–H groups in total. The highest BCUT2D eigenvalue weighted by Gasteiger charge is 2.19. The minimum absolute atomic E-state index is 0.0651. The van der Waals surface area contributed by atoms with E-state index in [-0.39, 0.29) is 12.6 Å². The number of aliphatic hydroxyl groups is 1. The molecule has 0 saturated carbocycles. The van der Waals surface area contributed by atoms with E-state index in [0.29, 0.717) is 39.9 Å². The number of ether oxygens (including phenoxy) is 1. The zero-order chi connectivity index (χ0) is 43.3. The number of anilines is 2. The fraction of sp³-hybridized carbons (Fsp3) is 0.896. The summed E-state index contributed by atoms with van der Waals surface area (Å²) < 4.78 is 11.0. The highest BCUT2D eigenvalue weighted by molar-refractivity contribution is 7.29. The van der Waals surface area contributed by atoms with E-state index in [0.717, 1.165) is 103 Å². The van der Waals surface area contributed by atoms with E-state index in [2.05, 4.69) is 41.4 Å². The van der Waals surface area contributed by atoms with Crippen molar-refractivity contribution in [2.75, 3.05) is 70.2 Å². The number of esters is 1. The fourth-order valence-corrected chi connectivity index (χ4v) is 7.81. The molecule has 1 atom stereocenters. The first kappa shape index (κ1) is 57.4. The van der Waals surface area contributed by atoms with Crippen LogP contribution in [0.25, 0.3) is 0 Å². The Labute approximate surface area is 364 Å². The molecule has 0 radical (unpaired) electrons. The fourth-order valence-electron chi connectivity index (χ4n) is 7.18. The third-order valence-electron chi connectivity index (χ3n) is 11.0. The summed E-state index contributed by atoms with van der Waals surface area (Å²) in [5.74, 6) is -0.0651. The summed E-state index contributed by atoms with van der Waals surface area (Å²) in [7, 11) is 2.16. The SMILES string of the molecule is CCCCCCCCCCCOC(=O)CCCCCN(CCCCCCCO)CCCNc1c(NC)c(=O)c1=O.CCCCCCCCNPOCCCCCCCC. The number of hydrogen-bond acceptors (Lipinski definition) is 10. The van der Waals surface area contributed by atoms with Gasteiger partial charge in [0.1, 0.15) is 11.4 Å². The first-order valence-corrected chi connectivity index (χ1v) is 25.7. The van der Waals surface area contributed by atoms with Crippen LogP contribution in [-0.2, 0) is 14.1 Å². The molecule has 1 rings (SSSR count). The molecular formula is C48H95N4O6P. The first-order chi connectivity index (χ1) is 29.0. The Morgan fingerprint density at radius 3 is 1.56 bits per heavy atom. The number of nitrogens with zero attached hydrogens (tertiary/aromatic N) is 1. The molecule has 11 heteroatoms. The van der Waals surface area contributed by atoms with E-state index in [1.165, 1.54) is 122 Å². The molecular weight excluding hydrogens is 760 g/mol. The third-order valence-corrected chi connectivity index (χ3v) is 11.8. The monoisotopic (exact) mass is 855 g/mol. The number of rotatable bonds is 45. The predicted molar refractivity (Wildman–Crippen MR) is 256 cm³/mol. The standard InChI is InChI=1S/C32H59N3O5.C16H36NOP/c1-3-4-5-6-7-8-9-13-19-27-40-28(37)21-15-14-17-24-35(23-16-11-10-12-18-26-36)25-20-22-34-30-29(33-2)31(38)32(30)39;1-3-5-7-9-11-13-15-17-19-18-16-14-12-10-8-6-4-2/h33-34,36H,3-27H2,1-2H3;17,19H,3-16H2,1-2H3. The Morgan fingerprint density at radius 2 is 1.00 bits per heavy atom. The van der Waals surface area contributed by atoms with Gasteiger partial charge < -0.3 is 29.9 Å². The van der Waals surface area contributed by atoms with Gasteiger partial charge in [-0.05, 0) is 71.0 Å². The van der Waals surface area contributed by atoms with E-state index in [1.807, 2.05) is 0 Å². The lowest BCUT2D eigenvalue weighted by Gasteiger charge is -2.23. The quantitative estimate of drug-likeness (QED) is 0.0218. The van der Waals surface area contributed by atoms with Gasteiger partial charge in [0.05, 0.1) is 22.2 Å². The topological polar surface area (TPSA) is 129 Å². The second-order valence-corrected chi connectivity index (χ2v) is 17.4. The van der Waals surface area contributed by atoms with E-state index >= 15 is 0 Å². The summed E-state index contributed by atoms with van der Waals surface area (Å²) in [6, 6.07) is 0. The van der Waals surface area contributed by atoms with Crippen molar-refractivity contribution in [3.63, 3.8) is 0 Å². The first-order valence-electron chi connectivity index (χ1n) is 24.8. The van der Waals surface area contributed by atoms with Crippen LogP contribution >= 0.6 is 8.96 Å². The lowest BCUT2D eigenvalue weighted by Crippen LogP contribution is -2.37. The Balaban J connectivity index is 0.00000148. The molecule has 0 bridgehead atoms. The van der Waals surface area contributed by atoms with Gasteiger partial charge >= 0.3 is 5.97 Å². The molecule has 0 fully saturated rings. The van der Waals surface area contributed by atoms with Gasteiger partial charge in [-0.2, -0.15) is 0 Å². The van der Waals surface area contributed by atoms with Crippen LogP contribution < -0.4 is 26.6 Å². The van der Waals surface area contributed by atoms with Gasteiger partial charge in [0.15, 0.2) is 0 Å². The Hall–Kier alpha value is -1.58. The molecule has 0 aliphatic heterocycles. The van der Waals surface area contributed by atoms with Gasteiger partial charge in [-0.25, -0.2) is 0 Å². The van der Waals surface area contributed by atoms with E-state index in [1.54, 1.807) is 7.05 Å². The molecule has 1 unspecified atom stereocenters. The van der Waals surface area contributed by atoms with Crippen molar-refractivity contribution < 1.29 is 19.2 Å². The van der Waals surface area contributed by atoms with Gasteiger partial charge in [0.25, 0.3) is 10.9 Å². The molecule has 348 valence electrons. The highest BCUT2D eigenvalue weighted by atomic mass is 31.1. The second kappa shape index (κ2) is 45.9. The van der Waals surface area contributed by atoms with Crippen LogP contribution in [-0.4, -0.2) is 75.6 Å².